The second-order valence-electron chi connectivity index (χ2n) is 2.41. The number of hydrogen-bond donors (Lipinski definition) is 1. The SMILES string of the molecule is COC(=O)[C@H](N)Cc1cccs1.Cl. The molecule has 1 aromatic heterocycles. The zero-order valence-corrected chi connectivity index (χ0v) is 8.86. The fraction of sp³-hybridized carbons (Fsp3) is 0.375. The van der Waals surface area contributed by atoms with Gasteiger partial charge in [-0.3, -0.25) is 4.79 Å². The molecule has 0 unspecified atom stereocenters. The van der Waals surface area contributed by atoms with Crippen molar-refractivity contribution in [3.63, 3.8) is 0 Å². The molecule has 1 rings (SSSR count). The zero-order valence-electron chi connectivity index (χ0n) is 7.23. The number of carbonyl (C=O) groups is 1. The van der Waals surface area contributed by atoms with E-state index in [0.29, 0.717) is 6.42 Å². The normalized spacial score (nSPS) is 11.5. The summed E-state index contributed by atoms with van der Waals surface area (Å²) in [5.41, 5.74) is 5.55. The van der Waals surface area contributed by atoms with Gasteiger partial charge < -0.3 is 10.5 Å². The predicted octanol–water partition coefficient (Wildman–Crippen LogP) is 1.21. The van der Waals surface area contributed by atoms with Gasteiger partial charge in [0.25, 0.3) is 0 Å². The van der Waals surface area contributed by atoms with Crippen LogP contribution in [0.15, 0.2) is 17.5 Å². The molecule has 0 aliphatic carbocycles. The summed E-state index contributed by atoms with van der Waals surface area (Å²) in [7, 11) is 1.34. The number of methoxy groups -OCH3 is 1. The van der Waals surface area contributed by atoms with Crippen LogP contribution in [0.3, 0.4) is 0 Å². The fourth-order valence-electron chi connectivity index (χ4n) is 0.880. The van der Waals surface area contributed by atoms with Gasteiger partial charge in [0.2, 0.25) is 0 Å². The topological polar surface area (TPSA) is 52.3 Å². The summed E-state index contributed by atoms with van der Waals surface area (Å²) in [6.45, 7) is 0. The number of esters is 1. The largest absolute Gasteiger partial charge is 0.468 e. The number of carbonyl (C=O) groups excluding carboxylic acids is 1. The molecule has 0 saturated heterocycles. The molecule has 0 aliphatic rings. The summed E-state index contributed by atoms with van der Waals surface area (Å²) in [6.07, 6.45) is 0.560. The minimum absolute atomic E-state index is 0. The summed E-state index contributed by atoms with van der Waals surface area (Å²) in [4.78, 5) is 12.0. The summed E-state index contributed by atoms with van der Waals surface area (Å²) < 4.78 is 4.50. The molecule has 0 amide bonds. The Morgan fingerprint density at radius 3 is 2.92 bits per heavy atom. The van der Waals surface area contributed by atoms with Crippen molar-refractivity contribution in [2.75, 3.05) is 7.11 Å². The summed E-state index contributed by atoms with van der Waals surface area (Å²) in [5, 5.41) is 1.96. The molecule has 74 valence electrons. The number of hydrogen-bond acceptors (Lipinski definition) is 4. The number of ether oxygens (including phenoxy) is 1. The third kappa shape index (κ3) is 3.76. The molecule has 0 saturated carbocycles. The first-order valence-electron chi connectivity index (χ1n) is 3.60. The van der Waals surface area contributed by atoms with E-state index in [1.54, 1.807) is 11.3 Å². The summed E-state index contributed by atoms with van der Waals surface area (Å²) in [5.74, 6) is -0.358. The molecule has 0 spiro atoms. The van der Waals surface area contributed by atoms with E-state index in [0.717, 1.165) is 4.88 Å². The van der Waals surface area contributed by atoms with Crippen LogP contribution in [0, 0.1) is 0 Å². The van der Waals surface area contributed by atoms with E-state index < -0.39 is 6.04 Å². The number of thiophene rings is 1. The minimum Gasteiger partial charge on any atom is -0.468 e. The molecule has 1 aromatic rings. The number of rotatable bonds is 3. The lowest BCUT2D eigenvalue weighted by atomic mass is 10.2. The van der Waals surface area contributed by atoms with Gasteiger partial charge in [-0.25, -0.2) is 0 Å². The Balaban J connectivity index is 0.00000144. The minimum atomic E-state index is -0.534. The van der Waals surface area contributed by atoms with E-state index in [4.69, 9.17) is 5.73 Å². The zero-order chi connectivity index (χ0) is 8.97. The molecule has 1 heterocycles. The van der Waals surface area contributed by atoms with E-state index in [1.807, 2.05) is 17.5 Å². The highest BCUT2D eigenvalue weighted by Crippen LogP contribution is 2.10. The van der Waals surface area contributed by atoms with Crippen LogP contribution in [0.1, 0.15) is 4.88 Å². The monoisotopic (exact) mass is 221 g/mol. The number of halogens is 1. The molecule has 0 aliphatic heterocycles. The van der Waals surface area contributed by atoms with Gasteiger partial charge in [0.1, 0.15) is 6.04 Å². The van der Waals surface area contributed by atoms with Crippen LogP contribution in [0.25, 0.3) is 0 Å². The van der Waals surface area contributed by atoms with E-state index in [9.17, 15) is 4.79 Å². The first-order chi connectivity index (χ1) is 5.74. The molecule has 0 aromatic carbocycles. The molecule has 5 heteroatoms. The standard InChI is InChI=1S/C8H11NO2S.ClH/c1-11-8(10)7(9)5-6-3-2-4-12-6;/h2-4,7H,5,9H2,1H3;1H/t7-;/m1./s1. The average Bonchev–Trinajstić information content (AvgIpc) is 2.55. The second-order valence-corrected chi connectivity index (χ2v) is 3.45. The van der Waals surface area contributed by atoms with Crippen molar-refractivity contribution in [3.05, 3.63) is 22.4 Å². The molecule has 1 atom stereocenters. The Hall–Kier alpha value is -0.580. The van der Waals surface area contributed by atoms with Gasteiger partial charge in [0, 0.05) is 11.3 Å². The van der Waals surface area contributed by atoms with E-state index >= 15 is 0 Å². The van der Waals surface area contributed by atoms with Gasteiger partial charge in [-0.15, -0.1) is 23.7 Å². The smallest absolute Gasteiger partial charge is 0.323 e. The predicted molar refractivity (Wildman–Crippen MR) is 55.3 cm³/mol. The first kappa shape index (κ1) is 12.4. The molecule has 2 N–H and O–H groups in total. The molecule has 0 fully saturated rings. The van der Waals surface area contributed by atoms with Crippen LogP contribution in [0.2, 0.25) is 0 Å². The van der Waals surface area contributed by atoms with Gasteiger partial charge in [0.15, 0.2) is 0 Å². The Morgan fingerprint density at radius 2 is 2.46 bits per heavy atom. The fourth-order valence-corrected chi connectivity index (χ4v) is 1.65. The van der Waals surface area contributed by atoms with E-state index in [1.165, 1.54) is 7.11 Å². The average molecular weight is 222 g/mol. The van der Waals surface area contributed by atoms with Crippen molar-refractivity contribution >= 4 is 29.7 Å². The maximum Gasteiger partial charge on any atom is 0.323 e. The third-order valence-electron chi connectivity index (χ3n) is 1.51. The maximum absolute atomic E-state index is 10.9. The summed E-state index contributed by atoms with van der Waals surface area (Å²) in [6, 6.07) is 3.35. The van der Waals surface area contributed by atoms with E-state index in [-0.39, 0.29) is 18.4 Å². The van der Waals surface area contributed by atoms with E-state index in [2.05, 4.69) is 4.74 Å². The van der Waals surface area contributed by atoms with Crippen LogP contribution < -0.4 is 5.73 Å². The van der Waals surface area contributed by atoms with Crippen LogP contribution in [-0.2, 0) is 16.0 Å². The molecule has 3 nitrogen and oxygen atoms in total. The van der Waals surface area contributed by atoms with Crippen molar-refractivity contribution in [1.82, 2.24) is 0 Å². The van der Waals surface area contributed by atoms with Crippen LogP contribution in [0.4, 0.5) is 0 Å². The van der Waals surface area contributed by atoms with Crippen LogP contribution >= 0.6 is 23.7 Å². The van der Waals surface area contributed by atoms with Gasteiger partial charge in [0.05, 0.1) is 7.11 Å². The lowest BCUT2D eigenvalue weighted by Crippen LogP contribution is -2.33. The Morgan fingerprint density at radius 1 is 1.77 bits per heavy atom. The quantitative estimate of drug-likeness (QED) is 0.781. The molecular formula is C8H12ClNO2S. The van der Waals surface area contributed by atoms with Crippen molar-refractivity contribution in [3.8, 4) is 0 Å². The highest BCUT2D eigenvalue weighted by Gasteiger charge is 2.14. The molecule has 0 radical (unpaired) electrons. The van der Waals surface area contributed by atoms with Crippen LogP contribution in [-0.4, -0.2) is 19.1 Å². The molecule has 13 heavy (non-hydrogen) atoms. The molecular weight excluding hydrogens is 210 g/mol. The Bertz CT molecular complexity index is 251. The Labute approximate surface area is 87.3 Å². The van der Waals surface area contributed by atoms with Crippen molar-refractivity contribution in [1.29, 1.82) is 0 Å². The highest BCUT2D eigenvalue weighted by atomic mass is 35.5. The second kappa shape index (κ2) is 5.96. The third-order valence-corrected chi connectivity index (χ3v) is 2.40. The molecule has 0 bridgehead atoms. The van der Waals surface area contributed by atoms with Crippen LogP contribution in [0.5, 0.6) is 0 Å². The van der Waals surface area contributed by atoms with Crippen molar-refractivity contribution in [2.24, 2.45) is 5.73 Å². The first-order valence-corrected chi connectivity index (χ1v) is 4.48. The van der Waals surface area contributed by atoms with Crippen molar-refractivity contribution in [2.45, 2.75) is 12.5 Å². The Kier molecular flexibility index (Phi) is 5.70. The van der Waals surface area contributed by atoms with Gasteiger partial charge in [-0.2, -0.15) is 0 Å². The van der Waals surface area contributed by atoms with Gasteiger partial charge in [-0.05, 0) is 11.4 Å². The van der Waals surface area contributed by atoms with Crippen molar-refractivity contribution < 1.29 is 9.53 Å². The highest BCUT2D eigenvalue weighted by molar-refractivity contribution is 7.09. The lowest BCUT2D eigenvalue weighted by molar-refractivity contribution is -0.142. The number of nitrogens with two attached hydrogens (primary N) is 1. The summed E-state index contributed by atoms with van der Waals surface area (Å²) >= 11 is 1.59. The van der Waals surface area contributed by atoms with Gasteiger partial charge in [-0.1, -0.05) is 6.07 Å². The van der Waals surface area contributed by atoms with Gasteiger partial charge >= 0.3 is 5.97 Å². The maximum atomic E-state index is 10.9. The lowest BCUT2D eigenvalue weighted by Gasteiger charge is -2.06.